The van der Waals surface area contributed by atoms with Crippen LogP contribution in [0.15, 0.2) is 48.5 Å². The van der Waals surface area contributed by atoms with Gasteiger partial charge in [-0.25, -0.2) is 18.3 Å². The van der Waals surface area contributed by atoms with Crippen LogP contribution >= 0.6 is 11.6 Å². The quantitative estimate of drug-likeness (QED) is 0.599. The summed E-state index contributed by atoms with van der Waals surface area (Å²) in [5, 5.41) is 4.62. The molecular weight excluding hydrogens is 366 g/mol. The molecule has 0 saturated heterocycles. The summed E-state index contributed by atoms with van der Waals surface area (Å²) in [4.78, 5) is 11.5. The van der Waals surface area contributed by atoms with Crippen LogP contribution in [0.2, 0.25) is 5.02 Å². The molecule has 0 fully saturated rings. The molecule has 0 N–H and O–H groups in total. The molecule has 1 heterocycles. The van der Waals surface area contributed by atoms with Gasteiger partial charge in [-0.05, 0) is 37.3 Å². The summed E-state index contributed by atoms with van der Waals surface area (Å²) in [5.41, 5.74) is 1.05. The topological polar surface area (TPSA) is 53.4 Å². The second kappa shape index (κ2) is 7.53. The molecule has 2 aromatic carbocycles. The Morgan fingerprint density at radius 3 is 2.54 bits per heavy atom. The van der Waals surface area contributed by atoms with Gasteiger partial charge in [0.2, 0.25) is 5.88 Å². The van der Waals surface area contributed by atoms with Gasteiger partial charge in [0.15, 0.2) is 0 Å². The first kappa shape index (κ1) is 17.9. The minimum absolute atomic E-state index is 0.0805. The van der Waals surface area contributed by atoms with E-state index >= 15 is 0 Å². The van der Waals surface area contributed by atoms with Gasteiger partial charge in [-0.1, -0.05) is 17.7 Å². The lowest BCUT2D eigenvalue weighted by Crippen LogP contribution is -2.10. The van der Waals surface area contributed by atoms with Crippen molar-refractivity contribution < 1.29 is 23.0 Å². The van der Waals surface area contributed by atoms with Crippen molar-refractivity contribution in [3.05, 3.63) is 65.2 Å². The van der Waals surface area contributed by atoms with Gasteiger partial charge in [0.25, 0.3) is 0 Å². The second-order valence-corrected chi connectivity index (χ2v) is 5.64. The van der Waals surface area contributed by atoms with E-state index in [2.05, 4.69) is 5.10 Å². The third-order valence-electron chi connectivity index (χ3n) is 3.35. The normalized spacial score (nSPS) is 10.6. The summed E-state index contributed by atoms with van der Waals surface area (Å²) in [7, 11) is 0. The van der Waals surface area contributed by atoms with Crippen molar-refractivity contribution in [3.63, 3.8) is 0 Å². The van der Waals surface area contributed by atoms with E-state index in [-0.39, 0.29) is 18.1 Å². The smallest absolute Gasteiger partial charge is 0.434 e. The van der Waals surface area contributed by atoms with Crippen molar-refractivity contribution in [2.75, 3.05) is 6.61 Å². The summed E-state index contributed by atoms with van der Waals surface area (Å²) in [6, 6.07) is 11.1. The van der Waals surface area contributed by atoms with Crippen LogP contribution in [0.1, 0.15) is 6.92 Å². The fourth-order valence-electron chi connectivity index (χ4n) is 2.35. The molecule has 0 saturated carbocycles. The maximum absolute atomic E-state index is 13.6. The van der Waals surface area contributed by atoms with Crippen molar-refractivity contribution in [2.45, 2.75) is 6.92 Å². The van der Waals surface area contributed by atoms with Crippen LogP contribution < -0.4 is 4.74 Å². The third kappa shape index (κ3) is 4.00. The van der Waals surface area contributed by atoms with E-state index in [0.717, 1.165) is 18.2 Å². The largest absolute Gasteiger partial charge is 0.515 e. The van der Waals surface area contributed by atoms with E-state index in [0.29, 0.717) is 16.4 Å². The van der Waals surface area contributed by atoms with Gasteiger partial charge in [-0.2, -0.15) is 0 Å². The van der Waals surface area contributed by atoms with Gasteiger partial charge in [0.05, 0.1) is 18.0 Å². The predicted molar refractivity (Wildman–Crippen MR) is 91.6 cm³/mol. The van der Waals surface area contributed by atoms with Gasteiger partial charge in [-0.15, -0.1) is 5.10 Å². The van der Waals surface area contributed by atoms with Crippen LogP contribution in [-0.2, 0) is 4.74 Å². The van der Waals surface area contributed by atoms with Gasteiger partial charge >= 0.3 is 6.16 Å². The van der Waals surface area contributed by atoms with Gasteiger partial charge < -0.3 is 9.47 Å². The molecule has 3 aromatic rings. The van der Waals surface area contributed by atoms with Crippen LogP contribution in [0.25, 0.3) is 16.9 Å². The molecule has 0 aliphatic heterocycles. The maximum Gasteiger partial charge on any atom is 0.515 e. The molecule has 0 spiro atoms. The number of hydrogen-bond donors (Lipinski definition) is 0. The van der Waals surface area contributed by atoms with Crippen LogP contribution in [0.4, 0.5) is 13.6 Å². The first-order chi connectivity index (χ1) is 12.5. The van der Waals surface area contributed by atoms with E-state index in [1.165, 1.54) is 10.7 Å². The lowest BCUT2D eigenvalue weighted by atomic mass is 10.1. The summed E-state index contributed by atoms with van der Waals surface area (Å²) >= 11 is 6.01. The van der Waals surface area contributed by atoms with Gasteiger partial charge in [0, 0.05) is 22.7 Å². The maximum atomic E-state index is 13.6. The summed E-state index contributed by atoms with van der Waals surface area (Å²) in [6.07, 6.45) is -0.930. The number of carbonyl (C=O) groups is 1. The number of rotatable bonds is 4. The summed E-state index contributed by atoms with van der Waals surface area (Å²) in [6.45, 7) is 1.77. The van der Waals surface area contributed by atoms with E-state index in [1.807, 2.05) is 0 Å². The average molecular weight is 379 g/mol. The Kier molecular flexibility index (Phi) is 5.18. The molecule has 0 bridgehead atoms. The van der Waals surface area contributed by atoms with Crippen molar-refractivity contribution in [1.29, 1.82) is 0 Å². The second-order valence-electron chi connectivity index (χ2n) is 5.20. The standard InChI is InChI=1S/C18H13ClF2N2O3/c1-2-25-18(24)26-17-10-16(11-6-13(20)9-14(21)7-11)23(22-17)15-5-3-4-12(19)8-15/h3-10H,2H2,1H3. The Bertz CT molecular complexity index is 939. The summed E-state index contributed by atoms with van der Waals surface area (Å²) in [5.74, 6) is -1.57. The molecule has 26 heavy (non-hydrogen) atoms. The Hall–Kier alpha value is -2.93. The highest BCUT2D eigenvalue weighted by molar-refractivity contribution is 6.30. The fraction of sp³-hybridized carbons (Fsp3) is 0.111. The molecule has 0 unspecified atom stereocenters. The van der Waals surface area contributed by atoms with Crippen LogP contribution in [-0.4, -0.2) is 22.5 Å². The first-order valence-corrected chi connectivity index (χ1v) is 8.01. The minimum atomic E-state index is -0.930. The lowest BCUT2D eigenvalue weighted by Gasteiger charge is -2.08. The number of hydrogen-bond acceptors (Lipinski definition) is 4. The lowest BCUT2D eigenvalue weighted by molar-refractivity contribution is 0.102. The Balaban J connectivity index is 2.11. The molecule has 0 atom stereocenters. The molecule has 8 heteroatoms. The molecule has 3 rings (SSSR count). The minimum Gasteiger partial charge on any atom is -0.434 e. The SMILES string of the molecule is CCOC(=O)Oc1cc(-c2cc(F)cc(F)c2)n(-c2cccc(Cl)c2)n1. The number of nitrogens with zero attached hydrogens (tertiary/aromatic N) is 2. The van der Waals surface area contributed by atoms with Crippen molar-refractivity contribution >= 4 is 17.8 Å². The average Bonchev–Trinajstić information content (AvgIpc) is 2.98. The Morgan fingerprint density at radius 2 is 1.88 bits per heavy atom. The van der Waals surface area contributed by atoms with E-state index in [1.54, 1.807) is 31.2 Å². The highest BCUT2D eigenvalue weighted by Crippen LogP contribution is 2.29. The molecule has 0 radical (unpaired) electrons. The van der Waals surface area contributed by atoms with Crippen molar-refractivity contribution in [3.8, 4) is 22.8 Å². The molecule has 5 nitrogen and oxygen atoms in total. The van der Waals surface area contributed by atoms with E-state index in [4.69, 9.17) is 21.1 Å². The van der Waals surface area contributed by atoms with Gasteiger partial charge in [0.1, 0.15) is 11.6 Å². The zero-order chi connectivity index (χ0) is 18.7. The van der Waals surface area contributed by atoms with Crippen molar-refractivity contribution in [1.82, 2.24) is 9.78 Å². The van der Waals surface area contributed by atoms with Crippen LogP contribution in [0, 0.1) is 11.6 Å². The van der Waals surface area contributed by atoms with E-state index < -0.39 is 17.8 Å². The molecule has 0 aliphatic rings. The Morgan fingerprint density at radius 1 is 1.15 bits per heavy atom. The molecule has 134 valence electrons. The molecule has 0 amide bonds. The number of carbonyl (C=O) groups excluding carboxylic acids is 1. The van der Waals surface area contributed by atoms with Crippen molar-refractivity contribution in [2.24, 2.45) is 0 Å². The molecule has 0 aliphatic carbocycles. The zero-order valence-corrected chi connectivity index (χ0v) is 14.3. The number of aromatic nitrogens is 2. The van der Waals surface area contributed by atoms with E-state index in [9.17, 15) is 13.6 Å². The fourth-order valence-corrected chi connectivity index (χ4v) is 2.54. The van der Waals surface area contributed by atoms with Crippen LogP contribution in [0.5, 0.6) is 5.88 Å². The first-order valence-electron chi connectivity index (χ1n) is 7.63. The highest BCUT2D eigenvalue weighted by Gasteiger charge is 2.17. The number of benzene rings is 2. The molecule has 1 aromatic heterocycles. The predicted octanol–water partition coefficient (Wildman–Crippen LogP) is 5.01. The number of halogens is 3. The third-order valence-corrected chi connectivity index (χ3v) is 3.58. The highest BCUT2D eigenvalue weighted by atomic mass is 35.5. The Labute approximate surface area is 152 Å². The zero-order valence-electron chi connectivity index (χ0n) is 13.6. The summed E-state index contributed by atoms with van der Waals surface area (Å²) < 4.78 is 38.3. The molecular formula is C18H13ClF2N2O3. The van der Waals surface area contributed by atoms with Crippen LogP contribution in [0.3, 0.4) is 0 Å². The number of ether oxygens (including phenoxy) is 2. The monoisotopic (exact) mass is 378 g/mol. The van der Waals surface area contributed by atoms with Gasteiger partial charge in [-0.3, -0.25) is 0 Å².